The van der Waals surface area contributed by atoms with Gasteiger partial charge in [0.05, 0.1) is 23.6 Å². The third kappa shape index (κ3) is 3.07. The molecule has 1 fully saturated rings. The fraction of sp³-hybridized carbons (Fsp3) is 0.312. The first-order valence-corrected chi connectivity index (χ1v) is 8.67. The van der Waals surface area contributed by atoms with Crippen LogP contribution in [0.25, 0.3) is 22.0 Å². The Morgan fingerprint density at radius 1 is 1.42 bits per heavy atom. The van der Waals surface area contributed by atoms with Gasteiger partial charge in [0.15, 0.2) is 6.10 Å². The van der Waals surface area contributed by atoms with Gasteiger partial charge in [-0.25, -0.2) is 9.48 Å². The summed E-state index contributed by atoms with van der Waals surface area (Å²) in [6.45, 7) is -0.531. The van der Waals surface area contributed by atoms with E-state index in [9.17, 15) is 13.6 Å². The quantitative estimate of drug-likeness (QED) is 0.734. The summed E-state index contributed by atoms with van der Waals surface area (Å²) < 4.78 is 41.6. The van der Waals surface area contributed by atoms with Gasteiger partial charge in [-0.3, -0.25) is 0 Å². The Kier molecular flexibility index (Phi) is 4.19. The van der Waals surface area contributed by atoms with E-state index in [1.165, 1.54) is 23.9 Å². The number of benzene rings is 1. The van der Waals surface area contributed by atoms with Crippen LogP contribution in [0.15, 0.2) is 29.9 Å². The van der Waals surface area contributed by atoms with E-state index in [0.717, 1.165) is 5.39 Å². The lowest BCUT2D eigenvalue weighted by Gasteiger charge is -2.20. The second-order valence-corrected chi connectivity index (χ2v) is 6.49. The first-order chi connectivity index (χ1) is 12.5. The largest absolute Gasteiger partial charge is 0.486 e. The van der Waals surface area contributed by atoms with Crippen molar-refractivity contribution >= 4 is 28.5 Å². The lowest BCUT2D eigenvalue weighted by atomic mass is 10.1. The van der Waals surface area contributed by atoms with E-state index in [1.54, 1.807) is 19.1 Å². The summed E-state index contributed by atoms with van der Waals surface area (Å²) in [5.41, 5.74) is 1.90. The molecule has 0 bridgehead atoms. The lowest BCUT2D eigenvalue weighted by molar-refractivity contribution is 0.0566. The third-order valence-corrected chi connectivity index (χ3v) is 4.76. The number of ether oxygens (including phenoxy) is 2. The van der Waals surface area contributed by atoms with E-state index in [0.29, 0.717) is 33.6 Å². The van der Waals surface area contributed by atoms with Gasteiger partial charge in [-0.05, 0) is 36.2 Å². The fourth-order valence-corrected chi connectivity index (χ4v) is 3.40. The lowest BCUT2D eigenvalue weighted by Crippen LogP contribution is -2.31. The number of amides is 1. The van der Waals surface area contributed by atoms with Crippen molar-refractivity contribution in [1.29, 1.82) is 0 Å². The molecule has 2 atom stereocenters. The van der Waals surface area contributed by atoms with Crippen LogP contribution in [0.4, 0.5) is 13.6 Å². The molecule has 1 amide bonds. The number of cyclic esters (lactones) is 1. The molecule has 3 aromatic rings. The van der Waals surface area contributed by atoms with Gasteiger partial charge in [-0.15, -0.1) is 0 Å². The first kappa shape index (κ1) is 16.7. The zero-order valence-corrected chi connectivity index (χ0v) is 14.4. The maximum Gasteiger partial charge on any atom is 0.407 e. The van der Waals surface area contributed by atoms with E-state index in [1.807, 2.05) is 5.38 Å². The second kappa shape index (κ2) is 6.52. The number of aromatic nitrogens is 3. The molecule has 0 saturated carbocycles. The van der Waals surface area contributed by atoms with Crippen molar-refractivity contribution in [2.24, 2.45) is 0 Å². The van der Waals surface area contributed by atoms with Crippen LogP contribution in [0, 0.1) is 0 Å². The van der Waals surface area contributed by atoms with Gasteiger partial charge in [-0.1, -0.05) is 0 Å². The Hall–Kier alpha value is -2.75. The highest BCUT2D eigenvalue weighted by Gasteiger charge is 2.30. The molecule has 1 N–H and O–H groups in total. The number of carbonyl (C=O) groups is 1. The Labute approximate surface area is 150 Å². The monoisotopic (exact) mass is 380 g/mol. The summed E-state index contributed by atoms with van der Waals surface area (Å²) in [6, 6.07) is 3.55. The molecule has 2 aromatic heterocycles. The van der Waals surface area contributed by atoms with Crippen LogP contribution < -0.4 is 10.1 Å². The van der Waals surface area contributed by atoms with Crippen LogP contribution in [0.5, 0.6) is 5.75 Å². The molecule has 10 heteroatoms. The van der Waals surface area contributed by atoms with E-state index < -0.39 is 24.9 Å². The van der Waals surface area contributed by atoms with Gasteiger partial charge in [0.25, 0.3) is 0 Å². The Morgan fingerprint density at radius 3 is 2.96 bits per heavy atom. The minimum Gasteiger partial charge on any atom is -0.486 e. The summed E-state index contributed by atoms with van der Waals surface area (Å²) in [4.78, 5) is 11.2. The minimum atomic E-state index is -2.70. The molecule has 1 aliphatic heterocycles. The summed E-state index contributed by atoms with van der Waals surface area (Å²) in [5, 5.41) is 8.91. The standard InChI is InChI=1S/C16H14F2N4O3S/c1-8(14-5-19-16(23)25-14)24-13-3-9(2-12-11(13)7-26-21-12)10-4-20-22(6-10)15(17)18/h2-4,6-8,14-15H,5H2,1H3,(H,19,23)/t8-,14-/m1/s1. The summed E-state index contributed by atoms with van der Waals surface area (Å²) >= 11 is 1.27. The van der Waals surface area contributed by atoms with E-state index in [-0.39, 0.29) is 0 Å². The van der Waals surface area contributed by atoms with Crippen LogP contribution in [0.1, 0.15) is 13.5 Å². The number of hydrogen-bond acceptors (Lipinski definition) is 6. The van der Waals surface area contributed by atoms with Crippen molar-refractivity contribution in [2.45, 2.75) is 25.7 Å². The highest BCUT2D eigenvalue weighted by atomic mass is 32.1. The Bertz CT molecular complexity index is 958. The molecule has 1 saturated heterocycles. The van der Waals surface area contributed by atoms with Gasteiger partial charge in [-0.2, -0.15) is 18.3 Å². The number of hydrogen-bond donors (Lipinski definition) is 1. The van der Waals surface area contributed by atoms with Crippen molar-refractivity contribution in [3.8, 4) is 16.9 Å². The number of nitrogens with zero attached hydrogens (tertiary/aromatic N) is 3. The predicted molar refractivity (Wildman–Crippen MR) is 90.5 cm³/mol. The third-order valence-electron chi connectivity index (χ3n) is 4.12. The van der Waals surface area contributed by atoms with Gasteiger partial charge in [0, 0.05) is 17.1 Å². The average Bonchev–Trinajstić information content (AvgIpc) is 3.34. The summed E-state index contributed by atoms with van der Waals surface area (Å²) in [7, 11) is 0. The van der Waals surface area contributed by atoms with Crippen molar-refractivity contribution < 1.29 is 23.0 Å². The Balaban J connectivity index is 1.67. The molecular formula is C16H14F2N4O3S. The van der Waals surface area contributed by atoms with E-state index >= 15 is 0 Å². The SMILES string of the molecule is C[C@@H](Oc1cc(-c2cnn(C(F)F)c2)cc2nscc12)[C@H]1CNC(=O)O1. The number of alkyl carbamates (subject to hydrolysis) is 1. The zero-order chi connectivity index (χ0) is 18.3. The smallest absolute Gasteiger partial charge is 0.407 e. The van der Waals surface area contributed by atoms with Crippen LogP contribution >= 0.6 is 11.5 Å². The molecule has 0 radical (unpaired) electrons. The molecule has 1 aromatic carbocycles. The molecule has 0 unspecified atom stereocenters. The first-order valence-electron chi connectivity index (χ1n) is 7.83. The number of alkyl halides is 2. The van der Waals surface area contributed by atoms with Crippen LogP contribution in [-0.4, -0.2) is 39.0 Å². The van der Waals surface area contributed by atoms with Crippen LogP contribution in [0.3, 0.4) is 0 Å². The zero-order valence-electron chi connectivity index (χ0n) is 13.6. The summed E-state index contributed by atoms with van der Waals surface area (Å²) in [6.07, 6.45) is 1.37. The van der Waals surface area contributed by atoms with E-state index in [2.05, 4.69) is 14.8 Å². The number of halogens is 2. The van der Waals surface area contributed by atoms with Gasteiger partial charge >= 0.3 is 12.6 Å². The highest BCUT2D eigenvalue weighted by Crippen LogP contribution is 2.34. The number of carbonyl (C=O) groups excluding carboxylic acids is 1. The van der Waals surface area contributed by atoms with Gasteiger partial charge < -0.3 is 14.8 Å². The van der Waals surface area contributed by atoms with Crippen molar-refractivity contribution in [2.75, 3.05) is 6.54 Å². The normalized spacial score (nSPS) is 18.2. The summed E-state index contributed by atoms with van der Waals surface area (Å²) in [5.74, 6) is 0.548. The van der Waals surface area contributed by atoms with Crippen LogP contribution in [-0.2, 0) is 4.74 Å². The maximum absolute atomic E-state index is 12.8. The Morgan fingerprint density at radius 2 is 2.27 bits per heavy atom. The minimum absolute atomic E-state index is 0.367. The van der Waals surface area contributed by atoms with Gasteiger partial charge in [0.2, 0.25) is 0 Å². The maximum atomic E-state index is 12.8. The van der Waals surface area contributed by atoms with E-state index in [4.69, 9.17) is 9.47 Å². The van der Waals surface area contributed by atoms with Gasteiger partial charge in [0.1, 0.15) is 11.9 Å². The van der Waals surface area contributed by atoms with Crippen molar-refractivity contribution in [3.63, 3.8) is 0 Å². The molecule has 0 aliphatic carbocycles. The highest BCUT2D eigenvalue weighted by molar-refractivity contribution is 7.04. The molecule has 26 heavy (non-hydrogen) atoms. The molecule has 136 valence electrons. The van der Waals surface area contributed by atoms with Crippen molar-refractivity contribution in [3.05, 3.63) is 29.9 Å². The molecule has 1 aliphatic rings. The second-order valence-electron chi connectivity index (χ2n) is 5.86. The number of rotatable bonds is 5. The number of nitrogens with one attached hydrogen (secondary N) is 1. The fourth-order valence-electron chi connectivity index (χ4n) is 2.74. The topological polar surface area (TPSA) is 78.3 Å². The average molecular weight is 380 g/mol. The molecular weight excluding hydrogens is 366 g/mol. The molecule has 4 rings (SSSR count). The molecule has 0 spiro atoms. The van der Waals surface area contributed by atoms with Crippen LogP contribution in [0.2, 0.25) is 0 Å². The number of fused-ring (bicyclic) bond motifs is 1. The predicted octanol–water partition coefficient (Wildman–Crippen LogP) is 3.43. The molecule has 7 nitrogen and oxygen atoms in total. The van der Waals surface area contributed by atoms with Crippen molar-refractivity contribution in [1.82, 2.24) is 19.5 Å². The molecule has 3 heterocycles.